The van der Waals surface area contributed by atoms with Crippen LogP contribution in [-0.4, -0.2) is 17.6 Å². The summed E-state index contributed by atoms with van der Waals surface area (Å²) >= 11 is 13.4. The van der Waals surface area contributed by atoms with Gasteiger partial charge in [0.1, 0.15) is 4.88 Å². The number of hydrogen-bond acceptors (Lipinski definition) is 5. The molecular formula is C13H12Cl2N2O2S. The first-order chi connectivity index (χ1) is 9.52. The van der Waals surface area contributed by atoms with Gasteiger partial charge in [-0.15, -0.1) is 0 Å². The maximum Gasteiger partial charge on any atom is 0.350 e. The third-order valence-corrected chi connectivity index (χ3v) is 4.13. The van der Waals surface area contributed by atoms with E-state index in [1.165, 1.54) is 11.3 Å². The van der Waals surface area contributed by atoms with Crippen molar-refractivity contribution in [3.05, 3.63) is 38.8 Å². The summed E-state index contributed by atoms with van der Waals surface area (Å²) in [4.78, 5) is 16.5. The Morgan fingerprint density at radius 2 is 2.05 bits per heavy atom. The molecule has 0 amide bonds. The molecule has 0 aliphatic rings. The quantitative estimate of drug-likeness (QED) is 0.827. The maximum absolute atomic E-state index is 11.7. The minimum atomic E-state index is -0.374. The minimum absolute atomic E-state index is 0.329. The number of aromatic nitrogens is 1. The van der Waals surface area contributed by atoms with Crippen LogP contribution in [0.1, 0.15) is 22.3 Å². The monoisotopic (exact) mass is 330 g/mol. The third kappa shape index (κ3) is 3.23. The van der Waals surface area contributed by atoms with Crippen LogP contribution < -0.4 is 5.32 Å². The van der Waals surface area contributed by atoms with Gasteiger partial charge >= 0.3 is 5.97 Å². The first kappa shape index (κ1) is 15.1. The van der Waals surface area contributed by atoms with Gasteiger partial charge in [-0.3, -0.25) is 0 Å². The van der Waals surface area contributed by atoms with E-state index >= 15 is 0 Å². The van der Waals surface area contributed by atoms with Gasteiger partial charge in [-0.25, -0.2) is 9.78 Å². The predicted octanol–water partition coefficient (Wildman–Crippen LogP) is 4.68. The number of nitrogens with zero attached hydrogens (tertiary/aromatic N) is 1. The molecule has 20 heavy (non-hydrogen) atoms. The Bertz CT molecular complexity index is 623. The Balaban J connectivity index is 2.27. The Kier molecular flexibility index (Phi) is 4.86. The molecule has 0 radical (unpaired) electrons. The van der Waals surface area contributed by atoms with Gasteiger partial charge in [0.2, 0.25) is 0 Å². The minimum Gasteiger partial charge on any atom is -0.462 e. The average molecular weight is 331 g/mol. The highest BCUT2D eigenvalue weighted by atomic mass is 35.5. The van der Waals surface area contributed by atoms with Crippen LogP contribution in [0.2, 0.25) is 10.0 Å². The molecule has 1 aromatic carbocycles. The molecule has 0 spiro atoms. The number of aryl methyl sites for hydroxylation is 1. The highest BCUT2D eigenvalue weighted by molar-refractivity contribution is 7.17. The number of rotatable bonds is 4. The highest BCUT2D eigenvalue weighted by Gasteiger charge is 2.17. The summed E-state index contributed by atoms with van der Waals surface area (Å²) in [6, 6.07) is 5.21. The molecule has 0 bridgehead atoms. The van der Waals surface area contributed by atoms with E-state index in [0.29, 0.717) is 38.0 Å². The number of halogens is 2. The van der Waals surface area contributed by atoms with Crippen LogP contribution in [0.4, 0.5) is 10.8 Å². The summed E-state index contributed by atoms with van der Waals surface area (Å²) in [5, 5.41) is 4.55. The average Bonchev–Trinajstić information content (AvgIpc) is 2.75. The van der Waals surface area contributed by atoms with Gasteiger partial charge in [0.05, 0.1) is 28.0 Å². The number of esters is 1. The lowest BCUT2D eigenvalue weighted by molar-refractivity contribution is 0.0531. The molecule has 4 nitrogen and oxygen atoms in total. The number of carbonyl (C=O) groups excluding carboxylic acids is 1. The van der Waals surface area contributed by atoms with Crippen molar-refractivity contribution in [2.24, 2.45) is 0 Å². The zero-order valence-corrected chi connectivity index (χ0v) is 13.2. The molecule has 0 saturated carbocycles. The summed E-state index contributed by atoms with van der Waals surface area (Å²) in [5.74, 6) is -0.374. The smallest absolute Gasteiger partial charge is 0.350 e. The van der Waals surface area contributed by atoms with Crippen LogP contribution in [-0.2, 0) is 4.74 Å². The first-order valence-corrected chi connectivity index (χ1v) is 7.45. The van der Waals surface area contributed by atoms with Crippen LogP contribution >= 0.6 is 34.5 Å². The van der Waals surface area contributed by atoms with Gasteiger partial charge in [0, 0.05) is 0 Å². The van der Waals surface area contributed by atoms with Crippen molar-refractivity contribution in [2.45, 2.75) is 13.8 Å². The fourth-order valence-corrected chi connectivity index (χ4v) is 2.92. The third-order valence-electron chi connectivity index (χ3n) is 2.45. The van der Waals surface area contributed by atoms with Crippen molar-refractivity contribution in [1.29, 1.82) is 0 Å². The van der Waals surface area contributed by atoms with Gasteiger partial charge in [-0.05, 0) is 26.0 Å². The summed E-state index contributed by atoms with van der Waals surface area (Å²) in [7, 11) is 0. The molecular weight excluding hydrogens is 319 g/mol. The molecule has 0 atom stereocenters. The van der Waals surface area contributed by atoms with Crippen LogP contribution in [0.3, 0.4) is 0 Å². The largest absolute Gasteiger partial charge is 0.462 e. The molecule has 2 aromatic rings. The molecule has 1 heterocycles. The lowest BCUT2D eigenvalue weighted by Crippen LogP contribution is -2.03. The van der Waals surface area contributed by atoms with Crippen molar-refractivity contribution in [3.63, 3.8) is 0 Å². The number of thiazole rings is 1. The molecule has 2 rings (SSSR count). The zero-order chi connectivity index (χ0) is 14.7. The number of carbonyl (C=O) groups is 1. The van der Waals surface area contributed by atoms with E-state index in [9.17, 15) is 4.79 Å². The number of anilines is 2. The fraction of sp³-hybridized carbons (Fsp3) is 0.231. The van der Waals surface area contributed by atoms with Crippen molar-refractivity contribution >= 4 is 51.3 Å². The summed E-state index contributed by atoms with van der Waals surface area (Å²) in [5.41, 5.74) is 1.18. The number of para-hydroxylation sites is 1. The van der Waals surface area contributed by atoms with E-state index in [1.807, 2.05) is 0 Å². The van der Waals surface area contributed by atoms with Gasteiger partial charge in [0.15, 0.2) is 5.13 Å². The molecule has 106 valence electrons. The number of hydrogen-bond donors (Lipinski definition) is 1. The lowest BCUT2D eigenvalue weighted by Gasteiger charge is -2.06. The van der Waals surface area contributed by atoms with E-state index in [1.54, 1.807) is 32.0 Å². The van der Waals surface area contributed by atoms with Crippen LogP contribution in [0.5, 0.6) is 0 Å². The summed E-state index contributed by atoms with van der Waals surface area (Å²) < 4.78 is 4.97. The highest BCUT2D eigenvalue weighted by Crippen LogP contribution is 2.34. The number of nitrogens with one attached hydrogen (secondary N) is 1. The topological polar surface area (TPSA) is 51.2 Å². The molecule has 1 N–H and O–H groups in total. The van der Waals surface area contributed by atoms with Crippen LogP contribution in [0.15, 0.2) is 18.2 Å². The molecule has 0 unspecified atom stereocenters. The summed E-state index contributed by atoms with van der Waals surface area (Å²) in [6.07, 6.45) is 0. The van der Waals surface area contributed by atoms with Crippen molar-refractivity contribution in [1.82, 2.24) is 4.98 Å². The fourth-order valence-electron chi connectivity index (χ4n) is 1.56. The van der Waals surface area contributed by atoms with E-state index in [4.69, 9.17) is 27.9 Å². The molecule has 0 saturated heterocycles. The van der Waals surface area contributed by atoms with Gasteiger partial charge < -0.3 is 10.1 Å². The normalized spacial score (nSPS) is 10.4. The number of benzene rings is 1. The number of ether oxygens (including phenoxy) is 1. The van der Waals surface area contributed by atoms with Gasteiger partial charge in [-0.1, -0.05) is 40.6 Å². The molecule has 7 heteroatoms. The summed E-state index contributed by atoms with van der Waals surface area (Å²) in [6.45, 7) is 3.84. The molecule has 1 aromatic heterocycles. The van der Waals surface area contributed by atoms with Crippen LogP contribution in [0.25, 0.3) is 0 Å². The zero-order valence-electron chi connectivity index (χ0n) is 10.9. The van der Waals surface area contributed by atoms with Crippen molar-refractivity contribution in [3.8, 4) is 0 Å². The second-order valence-corrected chi connectivity index (χ2v) is 5.69. The second-order valence-electron chi connectivity index (χ2n) is 3.88. The van der Waals surface area contributed by atoms with E-state index in [-0.39, 0.29) is 5.97 Å². The SMILES string of the molecule is CCOC(=O)c1sc(Nc2c(Cl)cccc2Cl)nc1C. The molecule has 0 fully saturated rings. The van der Waals surface area contributed by atoms with Crippen molar-refractivity contribution in [2.75, 3.05) is 11.9 Å². The Morgan fingerprint density at radius 3 is 2.65 bits per heavy atom. The Labute approximate surface area is 130 Å². The second kappa shape index (κ2) is 6.43. The molecule has 0 aliphatic carbocycles. The lowest BCUT2D eigenvalue weighted by atomic mass is 10.3. The molecule has 0 aliphatic heterocycles. The van der Waals surface area contributed by atoms with Gasteiger partial charge in [-0.2, -0.15) is 0 Å². The Hall–Kier alpha value is -1.30. The maximum atomic E-state index is 11.7. The standard InChI is InChI=1S/C13H12Cl2N2O2S/c1-3-19-12(18)11-7(2)16-13(20-11)17-10-8(14)5-4-6-9(10)15/h4-6H,3H2,1-2H3,(H,16,17). The predicted molar refractivity (Wildman–Crippen MR) is 82.6 cm³/mol. The Morgan fingerprint density at radius 1 is 1.40 bits per heavy atom. The van der Waals surface area contributed by atoms with E-state index in [0.717, 1.165) is 0 Å². The first-order valence-electron chi connectivity index (χ1n) is 5.88. The van der Waals surface area contributed by atoms with E-state index in [2.05, 4.69) is 10.3 Å². The van der Waals surface area contributed by atoms with E-state index < -0.39 is 0 Å². The van der Waals surface area contributed by atoms with Crippen molar-refractivity contribution < 1.29 is 9.53 Å². The van der Waals surface area contributed by atoms with Crippen LogP contribution in [0, 0.1) is 6.92 Å². The van der Waals surface area contributed by atoms with Gasteiger partial charge in [0.25, 0.3) is 0 Å².